The van der Waals surface area contributed by atoms with Gasteiger partial charge < -0.3 is 16.0 Å². The lowest BCUT2D eigenvalue weighted by Gasteiger charge is -2.09. The average Bonchev–Trinajstić information content (AvgIpc) is 3.76. The Bertz CT molecular complexity index is 1750. The molecule has 13 heteroatoms. The first-order valence-corrected chi connectivity index (χ1v) is 16.2. The Kier molecular flexibility index (Phi) is 12.2. The van der Waals surface area contributed by atoms with Crippen LogP contribution < -0.4 is 21.4 Å². The summed E-state index contributed by atoms with van der Waals surface area (Å²) in [4.78, 5) is 23.5. The molecule has 0 atom stereocenters. The van der Waals surface area contributed by atoms with Gasteiger partial charge in [-0.15, -0.1) is 10.2 Å². The van der Waals surface area contributed by atoms with E-state index >= 15 is 0 Å². The highest BCUT2D eigenvalue weighted by Gasteiger charge is 2.10. The van der Waals surface area contributed by atoms with E-state index in [1.54, 1.807) is 17.6 Å². The third-order valence-corrected chi connectivity index (χ3v) is 7.84. The van der Waals surface area contributed by atoms with E-state index in [2.05, 4.69) is 79.9 Å². The van der Waals surface area contributed by atoms with Crippen LogP contribution in [-0.4, -0.2) is 53.6 Å². The molecule has 5 aromatic rings. The van der Waals surface area contributed by atoms with Gasteiger partial charge in [0.1, 0.15) is 11.4 Å². The predicted octanol–water partition coefficient (Wildman–Crippen LogP) is 4.68. The van der Waals surface area contributed by atoms with Crippen molar-refractivity contribution < 1.29 is 14.8 Å². The van der Waals surface area contributed by atoms with Crippen LogP contribution in [0.25, 0.3) is 0 Å². The van der Waals surface area contributed by atoms with Gasteiger partial charge in [0.15, 0.2) is 0 Å². The molecule has 0 saturated carbocycles. The number of aromatic nitrogens is 6. The molecule has 0 aliphatic heterocycles. The number of anilines is 2. The van der Waals surface area contributed by atoms with Gasteiger partial charge in [0.2, 0.25) is 5.91 Å². The van der Waals surface area contributed by atoms with Crippen LogP contribution in [0.2, 0.25) is 0 Å². The zero-order valence-corrected chi connectivity index (χ0v) is 27.1. The summed E-state index contributed by atoms with van der Waals surface area (Å²) in [5.41, 5.74) is 9.28. The fourth-order valence-corrected chi connectivity index (χ4v) is 5.13. The van der Waals surface area contributed by atoms with Crippen molar-refractivity contribution in [3.8, 4) is 0 Å². The molecular formula is C35H42N10O3. The van der Waals surface area contributed by atoms with Crippen LogP contribution in [0.4, 0.5) is 11.4 Å². The molecule has 2 heterocycles. The minimum atomic E-state index is -0.372. The molecule has 2 aromatic heterocycles. The first-order chi connectivity index (χ1) is 23.4. The van der Waals surface area contributed by atoms with Crippen molar-refractivity contribution in [3.63, 3.8) is 0 Å². The van der Waals surface area contributed by atoms with Crippen molar-refractivity contribution in [2.45, 2.75) is 65.2 Å². The Balaban J connectivity index is 1.05. The lowest BCUT2D eigenvalue weighted by Crippen LogP contribution is -2.24. The van der Waals surface area contributed by atoms with E-state index in [4.69, 9.17) is 5.21 Å². The second-order valence-electron chi connectivity index (χ2n) is 11.7. The number of aryl methyl sites for hydroxylation is 1. The summed E-state index contributed by atoms with van der Waals surface area (Å²) < 4.78 is 3.68. The van der Waals surface area contributed by atoms with E-state index in [0.717, 1.165) is 53.2 Å². The third-order valence-electron chi connectivity index (χ3n) is 7.84. The Labute approximate surface area is 279 Å². The molecule has 0 fully saturated rings. The molecule has 0 radical (unpaired) electrons. The minimum absolute atomic E-state index is 0.121. The van der Waals surface area contributed by atoms with Gasteiger partial charge in [-0.3, -0.25) is 14.8 Å². The van der Waals surface area contributed by atoms with E-state index in [9.17, 15) is 9.59 Å². The molecule has 0 aliphatic rings. The standard InChI is InChI=1S/C35H42N10O3/c1-26-11-15-30(16-12-26)37-20-32-24-44(42-39-32)22-28-8-5-6-9-29(28)23-45-25-33(40-43-45)21-38-31-17-13-27(14-18-31)35(47)36-19-7-3-2-4-10-34(46)41-48/h5-6,8-9,11-18,24-25,37-38,48H,2-4,7,10,19-23H2,1H3,(H,36,47)(H,41,46). The molecule has 0 bridgehead atoms. The Morgan fingerprint density at radius 1 is 0.708 bits per heavy atom. The monoisotopic (exact) mass is 650 g/mol. The molecule has 3 aromatic carbocycles. The summed E-state index contributed by atoms with van der Waals surface area (Å²) in [5.74, 6) is -0.494. The van der Waals surface area contributed by atoms with Gasteiger partial charge in [-0.1, -0.05) is 65.2 Å². The molecule has 0 unspecified atom stereocenters. The van der Waals surface area contributed by atoms with Crippen molar-refractivity contribution in [1.82, 2.24) is 40.8 Å². The van der Waals surface area contributed by atoms with Crippen molar-refractivity contribution in [2.24, 2.45) is 0 Å². The first-order valence-electron chi connectivity index (χ1n) is 16.2. The third kappa shape index (κ3) is 10.5. The maximum Gasteiger partial charge on any atom is 0.251 e. The van der Waals surface area contributed by atoms with Gasteiger partial charge in [0.05, 0.1) is 38.6 Å². The van der Waals surface area contributed by atoms with Gasteiger partial charge in [-0.2, -0.15) is 0 Å². The minimum Gasteiger partial charge on any atom is -0.379 e. The fraction of sp³-hybridized carbons (Fsp3) is 0.314. The number of carbonyl (C=O) groups excluding carboxylic acids is 2. The number of amides is 2. The summed E-state index contributed by atoms with van der Waals surface area (Å²) in [7, 11) is 0. The Hall–Kier alpha value is -5.56. The predicted molar refractivity (Wildman–Crippen MR) is 182 cm³/mol. The number of hydrogen-bond acceptors (Lipinski definition) is 9. The lowest BCUT2D eigenvalue weighted by atomic mass is 10.1. The normalized spacial score (nSPS) is 10.9. The zero-order chi connectivity index (χ0) is 33.6. The lowest BCUT2D eigenvalue weighted by molar-refractivity contribution is -0.129. The number of unbranched alkanes of at least 4 members (excludes halogenated alkanes) is 3. The molecular weight excluding hydrogens is 608 g/mol. The number of rotatable bonds is 18. The van der Waals surface area contributed by atoms with E-state index < -0.39 is 0 Å². The second-order valence-corrected chi connectivity index (χ2v) is 11.7. The quantitative estimate of drug-likeness (QED) is 0.0514. The SMILES string of the molecule is Cc1ccc(NCc2cn(Cc3ccccc3Cn3cc(CNc4ccc(C(=O)NCCCCCCC(=O)NO)cc4)nn3)nn2)cc1. The van der Waals surface area contributed by atoms with Gasteiger partial charge in [0, 0.05) is 29.9 Å². The molecule has 0 saturated heterocycles. The van der Waals surface area contributed by atoms with Gasteiger partial charge in [0.25, 0.3) is 5.91 Å². The van der Waals surface area contributed by atoms with Gasteiger partial charge in [-0.05, 0) is 67.3 Å². The smallest absolute Gasteiger partial charge is 0.251 e. The van der Waals surface area contributed by atoms with E-state index in [-0.39, 0.29) is 11.8 Å². The van der Waals surface area contributed by atoms with Crippen LogP contribution in [0.5, 0.6) is 0 Å². The molecule has 0 spiro atoms. The van der Waals surface area contributed by atoms with Crippen molar-refractivity contribution >= 4 is 23.2 Å². The summed E-state index contributed by atoms with van der Waals surface area (Å²) in [6, 6.07) is 23.8. The highest BCUT2D eigenvalue weighted by Crippen LogP contribution is 2.15. The molecule has 0 aliphatic carbocycles. The van der Waals surface area contributed by atoms with Crippen LogP contribution in [0.1, 0.15) is 70.5 Å². The highest BCUT2D eigenvalue weighted by molar-refractivity contribution is 5.94. The van der Waals surface area contributed by atoms with E-state index in [1.807, 2.05) is 46.0 Å². The van der Waals surface area contributed by atoms with Crippen LogP contribution in [-0.2, 0) is 31.0 Å². The van der Waals surface area contributed by atoms with Crippen LogP contribution in [0.15, 0.2) is 85.2 Å². The number of benzene rings is 3. The molecule has 13 nitrogen and oxygen atoms in total. The van der Waals surface area contributed by atoms with Crippen molar-refractivity contribution in [3.05, 3.63) is 119 Å². The summed E-state index contributed by atoms with van der Waals surface area (Å²) in [6.45, 7) is 4.90. The van der Waals surface area contributed by atoms with Crippen LogP contribution in [0, 0.1) is 6.92 Å². The Morgan fingerprint density at radius 2 is 1.25 bits per heavy atom. The molecule has 5 rings (SSSR count). The number of nitrogens with zero attached hydrogens (tertiary/aromatic N) is 6. The molecule has 2 amide bonds. The Morgan fingerprint density at radius 3 is 1.81 bits per heavy atom. The maximum absolute atomic E-state index is 12.5. The highest BCUT2D eigenvalue weighted by atomic mass is 16.5. The van der Waals surface area contributed by atoms with Gasteiger partial charge >= 0.3 is 0 Å². The summed E-state index contributed by atoms with van der Waals surface area (Å²) >= 11 is 0. The molecule has 250 valence electrons. The zero-order valence-electron chi connectivity index (χ0n) is 27.1. The number of hydrogen-bond donors (Lipinski definition) is 5. The largest absolute Gasteiger partial charge is 0.379 e. The fourth-order valence-electron chi connectivity index (χ4n) is 5.13. The summed E-state index contributed by atoms with van der Waals surface area (Å²) in [5, 5.41) is 35.5. The topological polar surface area (TPSA) is 164 Å². The van der Waals surface area contributed by atoms with E-state index in [0.29, 0.717) is 51.1 Å². The number of hydroxylamine groups is 1. The van der Waals surface area contributed by atoms with Crippen LogP contribution >= 0.6 is 0 Å². The first kappa shape index (κ1) is 33.8. The van der Waals surface area contributed by atoms with Gasteiger partial charge in [-0.25, -0.2) is 14.8 Å². The van der Waals surface area contributed by atoms with Crippen molar-refractivity contribution in [2.75, 3.05) is 17.2 Å². The number of nitrogens with one attached hydrogen (secondary N) is 4. The number of carbonyl (C=O) groups is 2. The molecule has 5 N–H and O–H groups in total. The van der Waals surface area contributed by atoms with Crippen molar-refractivity contribution in [1.29, 1.82) is 0 Å². The average molecular weight is 651 g/mol. The second kappa shape index (κ2) is 17.4. The molecule has 48 heavy (non-hydrogen) atoms. The summed E-state index contributed by atoms with van der Waals surface area (Å²) in [6.07, 6.45) is 7.49. The van der Waals surface area contributed by atoms with E-state index in [1.165, 1.54) is 5.56 Å². The maximum atomic E-state index is 12.5. The van der Waals surface area contributed by atoms with Crippen LogP contribution in [0.3, 0.4) is 0 Å².